The molecule has 0 aliphatic heterocycles. The number of hydrogen-bond donors (Lipinski definition) is 0. The van der Waals surface area contributed by atoms with Crippen molar-refractivity contribution in [3.8, 4) is 0 Å². The van der Waals surface area contributed by atoms with E-state index >= 15 is 0 Å². The summed E-state index contributed by atoms with van der Waals surface area (Å²) in [6.07, 6.45) is 0. The fraction of sp³-hybridized carbons (Fsp3) is 0. The third kappa shape index (κ3) is 86.3. The van der Waals surface area contributed by atoms with Crippen LogP contribution in [-0.4, -0.2) is 62.8 Å². The minimum atomic E-state index is -5.39. The second-order valence-electron chi connectivity index (χ2n) is 0.447. The van der Waals surface area contributed by atoms with Crippen molar-refractivity contribution >= 4 is 70.7 Å². The van der Waals surface area contributed by atoms with Gasteiger partial charge in [0.15, 0.2) is 0 Å². The van der Waals surface area contributed by atoms with E-state index in [1.807, 2.05) is 0 Å². The van der Waals surface area contributed by atoms with Crippen LogP contribution in [0.3, 0.4) is 0 Å². The van der Waals surface area contributed by atoms with Crippen molar-refractivity contribution < 1.29 is 59.8 Å². The van der Waals surface area contributed by atoms with E-state index in [1.165, 1.54) is 0 Å². The van der Waals surface area contributed by atoms with Crippen molar-refractivity contribution in [1.82, 2.24) is 0 Å². The van der Waals surface area contributed by atoms with Crippen LogP contribution in [0.15, 0.2) is 0 Å². The van der Waals surface area contributed by atoms with E-state index in [9.17, 15) is 0 Å². The average Bonchev–Trinajstić information content (AvgIpc) is 0.722. The third-order valence-electron chi connectivity index (χ3n) is 0. The summed E-state index contributed by atoms with van der Waals surface area (Å²) in [6.45, 7) is 0. The Labute approximate surface area is 128 Å². The summed E-state index contributed by atoms with van der Waals surface area (Å²) in [5.74, 6) is 0. The molecule has 0 spiro atoms. The molecule has 0 saturated carbocycles. The zero-order chi connectivity index (χ0) is 4.50. The third-order valence-corrected chi connectivity index (χ3v) is 0. The first-order valence-electron chi connectivity index (χ1n) is 0.730. The molecule has 0 bridgehead atoms. The largest absolute Gasteiger partial charge is 4.00 e. The minimum Gasteiger partial charge on any atom is -0.822 e. The van der Waals surface area contributed by atoms with Crippen molar-refractivity contribution in [2.45, 2.75) is 0 Å². The van der Waals surface area contributed by atoms with Gasteiger partial charge in [0.05, 0.1) is 0 Å². The van der Waals surface area contributed by atoms with Crippen LogP contribution in [-0.2, 0) is 26.3 Å². The Balaban J connectivity index is -0.0000000133. The standard InChI is InChI=1S/Al.Li.H3O4P.Sr.Ti/c;;1-5(2,3)4;;/h;;(H3,1,2,3,4);;/q+3;+1;;+2;+4/p-3. The van der Waals surface area contributed by atoms with Crippen molar-refractivity contribution in [1.29, 1.82) is 0 Å². The Morgan fingerprint density at radius 1 is 1.11 bits per heavy atom. The van der Waals surface area contributed by atoms with Gasteiger partial charge in [-0.1, -0.05) is 0 Å². The Morgan fingerprint density at radius 3 is 1.11 bits per heavy atom. The molecule has 0 aliphatic carbocycles. The van der Waals surface area contributed by atoms with E-state index in [-0.39, 0.29) is 103 Å². The van der Waals surface area contributed by atoms with E-state index in [0.717, 1.165) is 0 Å². The van der Waals surface area contributed by atoms with Gasteiger partial charge in [-0.05, 0) is 0 Å². The number of hydrogen-bond acceptors (Lipinski definition) is 4. The van der Waals surface area contributed by atoms with Gasteiger partial charge in [0, 0.05) is 0 Å². The molecule has 0 aromatic rings. The maximum absolute atomic E-state index is 8.55. The van der Waals surface area contributed by atoms with Crippen LogP contribution in [0.4, 0.5) is 0 Å². The van der Waals surface area contributed by atoms with Gasteiger partial charge in [-0.3, -0.25) is 0 Å². The Hall–Kier alpha value is 3.43. The second kappa shape index (κ2) is 14.0. The van der Waals surface area contributed by atoms with Crippen LogP contribution in [0.5, 0.6) is 0 Å². The molecule has 4 nitrogen and oxygen atoms in total. The number of phosphoric acid groups is 1. The van der Waals surface area contributed by atoms with E-state index in [4.69, 9.17) is 19.2 Å². The predicted octanol–water partition coefficient (Wildman–Crippen LogP) is -6.58. The van der Waals surface area contributed by atoms with Crippen LogP contribution in [0.1, 0.15) is 0 Å². The van der Waals surface area contributed by atoms with Gasteiger partial charge in [-0.2, -0.15) is 7.82 Å². The van der Waals surface area contributed by atoms with Crippen molar-refractivity contribution in [3.63, 3.8) is 0 Å². The quantitative estimate of drug-likeness (QED) is 0.321. The van der Waals surface area contributed by atoms with Gasteiger partial charge in [0.25, 0.3) is 0 Å². The van der Waals surface area contributed by atoms with Crippen molar-refractivity contribution in [2.24, 2.45) is 0 Å². The summed E-state index contributed by atoms with van der Waals surface area (Å²) in [5, 5.41) is 0. The molecule has 0 aliphatic rings. The molecule has 0 fully saturated rings. The Morgan fingerprint density at radius 2 is 1.11 bits per heavy atom. The molecule has 0 unspecified atom stereocenters. The van der Waals surface area contributed by atoms with E-state index in [0.29, 0.717) is 0 Å². The van der Waals surface area contributed by atoms with Crippen LogP contribution in [0, 0.1) is 0 Å². The SMILES string of the molecule is O=P([O-])([O-])[O-].[Al+3].[Li+].[Sr+2].[Ti+4]. The van der Waals surface area contributed by atoms with Gasteiger partial charge < -0.3 is 19.2 Å². The molecule has 0 aromatic carbocycles. The fourth-order valence-corrected chi connectivity index (χ4v) is 0. The van der Waals surface area contributed by atoms with Gasteiger partial charge in [-0.15, -0.1) is 0 Å². The summed E-state index contributed by atoms with van der Waals surface area (Å²) in [6, 6.07) is 0. The molecular formula is AlLiO4PSrTi+7. The van der Waals surface area contributed by atoms with Gasteiger partial charge in [-0.25, -0.2) is 0 Å². The molecule has 32 valence electrons. The molecule has 0 radical (unpaired) electrons. The normalized spacial score (nSPS) is 6.56. The average molecular weight is 264 g/mol. The molecule has 0 atom stereocenters. The molecule has 0 amide bonds. The van der Waals surface area contributed by atoms with Gasteiger partial charge in [0.1, 0.15) is 0 Å². The van der Waals surface area contributed by atoms with Crippen LogP contribution < -0.4 is 33.5 Å². The molecule has 9 heavy (non-hydrogen) atoms. The van der Waals surface area contributed by atoms with Crippen LogP contribution in [0.25, 0.3) is 0 Å². The fourth-order valence-electron chi connectivity index (χ4n) is 0. The van der Waals surface area contributed by atoms with E-state index < -0.39 is 7.82 Å². The summed E-state index contributed by atoms with van der Waals surface area (Å²) in [7, 11) is -5.39. The smallest absolute Gasteiger partial charge is 0.822 e. The topological polar surface area (TPSA) is 86.2 Å². The first kappa shape index (κ1) is 29.4. The summed E-state index contributed by atoms with van der Waals surface area (Å²) in [4.78, 5) is 25.6. The predicted molar refractivity (Wildman–Crippen MR) is 19.1 cm³/mol. The molecule has 0 heterocycles. The summed E-state index contributed by atoms with van der Waals surface area (Å²) >= 11 is 0. The molecule has 0 N–H and O–H groups in total. The summed E-state index contributed by atoms with van der Waals surface area (Å²) in [5.41, 5.74) is 0. The van der Waals surface area contributed by atoms with E-state index in [2.05, 4.69) is 0 Å². The van der Waals surface area contributed by atoms with E-state index in [1.54, 1.807) is 0 Å². The first-order chi connectivity index (χ1) is 2.00. The molecular weight excluding hydrogens is 264 g/mol. The maximum atomic E-state index is 8.55. The van der Waals surface area contributed by atoms with Crippen LogP contribution >= 0.6 is 7.82 Å². The molecule has 0 saturated heterocycles. The molecule has 9 heteroatoms. The Kier molecular flexibility index (Phi) is 45.7. The molecule has 0 rings (SSSR count). The monoisotopic (exact) mass is 265 g/mol. The summed E-state index contributed by atoms with van der Waals surface area (Å²) < 4.78 is 8.55. The zero-order valence-corrected chi connectivity index (χ0v) is 12.0. The second-order valence-corrected chi connectivity index (χ2v) is 1.34. The maximum Gasteiger partial charge on any atom is 4.00 e. The first-order valence-corrected chi connectivity index (χ1v) is 2.19. The van der Waals surface area contributed by atoms with Gasteiger partial charge in [0.2, 0.25) is 0 Å². The van der Waals surface area contributed by atoms with Gasteiger partial charge >= 0.3 is 103 Å². The number of rotatable bonds is 0. The molecule has 0 aromatic heterocycles. The van der Waals surface area contributed by atoms with Crippen molar-refractivity contribution in [2.75, 3.05) is 0 Å². The Bertz CT molecular complexity index is 66.7. The van der Waals surface area contributed by atoms with Crippen molar-refractivity contribution in [3.05, 3.63) is 0 Å². The zero-order valence-electron chi connectivity index (χ0n) is 4.86. The van der Waals surface area contributed by atoms with Crippen LogP contribution in [0.2, 0.25) is 0 Å². The minimum absolute atomic E-state index is 0.